The van der Waals surface area contributed by atoms with Crippen molar-refractivity contribution in [1.82, 2.24) is 19.7 Å². The number of benzene rings is 1. The second-order valence-corrected chi connectivity index (χ2v) is 7.57. The molecule has 1 saturated carbocycles. The number of nitrogens with one attached hydrogen (secondary N) is 1. The van der Waals surface area contributed by atoms with Gasteiger partial charge in [-0.15, -0.1) is 0 Å². The van der Waals surface area contributed by atoms with E-state index in [2.05, 4.69) is 32.4 Å². The molecule has 138 valence electrons. The van der Waals surface area contributed by atoms with E-state index in [0.29, 0.717) is 11.8 Å². The Morgan fingerprint density at radius 3 is 2.62 bits per heavy atom. The number of carbonyl (C=O) groups excluding carboxylic acids is 1. The number of carbonyl (C=O) groups is 1. The largest absolute Gasteiger partial charge is 0.391 e. The van der Waals surface area contributed by atoms with Crippen molar-refractivity contribution in [3.8, 4) is 0 Å². The number of aliphatic hydroxyl groups is 1. The van der Waals surface area contributed by atoms with Gasteiger partial charge in [0.25, 0.3) is 0 Å². The van der Waals surface area contributed by atoms with Gasteiger partial charge >= 0.3 is 0 Å². The van der Waals surface area contributed by atoms with E-state index >= 15 is 0 Å². The van der Waals surface area contributed by atoms with Crippen LogP contribution in [0.1, 0.15) is 31.4 Å². The number of aromatic nitrogens is 3. The molecule has 4 rings (SSSR count). The molecule has 1 aromatic carbocycles. The van der Waals surface area contributed by atoms with E-state index < -0.39 is 0 Å². The number of hydrogen-bond donors (Lipinski definition) is 2. The summed E-state index contributed by atoms with van der Waals surface area (Å²) >= 11 is 0. The summed E-state index contributed by atoms with van der Waals surface area (Å²) in [6.45, 7) is 4.49. The van der Waals surface area contributed by atoms with Crippen LogP contribution in [0.2, 0.25) is 0 Å². The first kappa shape index (κ1) is 17.2. The van der Waals surface area contributed by atoms with Crippen LogP contribution in [-0.4, -0.2) is 49.9 Å². The van der Waals surface area contributed by atoms with Gasteiger partial charge in [-0.1, -0.05) is 12.1 Å². The molecule has 26 heavy (non-hydrogen) atoms. The average molecular weight is 355 g/mol. The first-order chi connectivity index (χ1) is 12.6. The summed E-state index contributed by atoms with van der Waals surface area (Å²) in [6, 6.07) is 8.07. The van der Waals surface area contributed by atoms with E-state index in [4.69, 9.17) is 0 Å². The molecule has 2 fully saturated rings. The van der Waals surface area contributed by atoms with Crippen LogP contribution in [-0.2, 0) is 11.3 Å². The lowest BCUT2D eigenvalue weighted by Crippen LogP contribution is -2.36. The fourth-order valence-corrected chi connectivity index (χ4v) is 4.46. The minimum absolute atomic E-state index is 0.0376. The second-order valence-electron chi connectivity index (χ2n) is 7.57. The smallest absolute Gasteiger partial charge is 0.221 e. The number of amides is 1. The standard InChI is InChI=1S/C19H25N5O2/c1-13(25)22-17-4-2-14(3-5-17)8-23-9-15-6-18(24-12-20-11-21-24)19(26)7-16(15)10-23/h2-5,11-12,15-16,18-19,26H,6-10H2,1H3,(H,22,25)/t15-,16+,18-,19-/m1/s1. The van der Waals surface area contributed by atoms with Crippen molar-refractivity contribution in [2.75, 3.05) is 18.4 Å². The van der Waals surface area contributed by atoms with Gasteiger partial charge in [0.05, 0.1) is 12.1 Å². The highest BCUT2D eigenvalue weighted by Gasteiger charge is 2.42. The van der Waals surface area contributed by atoms with E-state index in [9.17, 15) is 9.90 Å². The number of rotatable bonds is 4. The van der Waals surface area contributed by atoms with Gasteiger partial charge in [-0.05, 0) is 42.4 Å². The Kier molecular flexibility index (Phi) is 4.74. The molecular weight excluding hydrogens is 330 g/mol. The third-order valence-corrected chi connectivity index (χ3v) is 5.64. The third-order valence-electron chi connectivity index (χ3n) is 5.64. The van der Waals surface area contributed by atoms with Gasteiger partial charge in [0.2, 0.25) is 5.91 Å². The van der Waals surface area contributed by atoms with Gasteiger partial charge in [0.1, 0.15) is 12.7 Å². The Morgan fingerprint density at radius 1 is 1.23 bits per heavy atom. The zero-order valence-corrected chi connectivity index (χ0v) is 15.0. The van der Waals surface area contributed by atoms with Crippen molar-refractivity contribution in [2.45, 2.75) is 38.5 Å². The molecule has 0 unspecified atom stereocenters. The van der Waals surface area contributed by atoms with Crippen molar-refractivity contribution in [3.63, 3.8) is 0 Å². The predicted molar refractivity (Wildman–Crippen MR) is 97.3 cm³/mol. The number of nitrogens with zero attached hydrogens (tertiary/aromatic N) is 4. The summed E-state index contributed by atoms with van der Waals surface area (Å²) in [7, 11) is 0. The third kappa shape index (κ3) is 3.64. The monoisotopic (exact) mass is 355 g/mol. The molecule has 7 heteroatoms. The van der Waals surface area contributed by atoms with Crippen molar-refractivity contribution in [1.29, 1.82) is 0 Å². The molecule has 2 aromatic rings. The van der Waals surface area contributed by atoms with Crippen LogP contribution < -0.4 is 5.32 Å². The maximum Gasteiger partial charge on any atom is 0.221 e. The minimum Gasteiger partial charge on any atom is -0.391 e. The Labute approximate surface area is 153 Å². The lowest BCUT2D eigenvalue weighted by Gasteiger charge is -2.35. The fourth-order valence-electron chi connectivity index (χ4n) is 4.46. The lowest BCUT2D eigenvalue weighted by molar-refractivity contribution is -0.114. The molecule has 1 saturated heterocycles. The normalized spacial score (nSPS) is 28.7. The number of anilines is 1. The van der Waals surface area contributed by atoms with Crippen LogP contribution in [0.25, 0.3) is 0 Å². The van der Waals surface area contributed by atoms with Crippen LogP contribution in [0, 0.1) is 11.8 Å². The summed E-state index contributed by atoms with van der Waals surface area (Å²) in [5.74, 6) is 1.08. The molecule has 0 bridgehead atoms. The topological polar surface area (TPSA) is 83.3 Å². The highest BCUT2D eigenvalue weighted by molar-refractivity contribution is 5.88. The van der Waals surface area contributed by atoms with Gasteiger partial charge in [-0.3, -0.25) is 9.69 Å². The summed E-state index contributed by atoms with van der Waals surface area (Å²) in [6.07, 6.45) is 4.66. The molecule has 0 spiro atoms. The summed E-state index contributed by atoms with van der Waals surface area (Å²) in [5, 5.41) is 17.5. The molecule has 1 aliphatic heterocycles. The van der Waals surface area contributed by atoms with E-state index in [1.165, 1.54) is 18.8 Å². The molecule has 7 nitrogen and oxygen atoms in total. The molecule has 1 aromatic heterocycles. The first-order valence-electron chi connectivity index (χ1n) is 9.19. The van der Waals surface area contributed by atoms with Crippen molar-refractivity contribution < 1.29 is 9.90 Å². The molecule has 1 aliphatic carbocycles. The summed E-state index contributed by atoms with van der Waals surface area (Å²) in [5.41, 5.74) is 2.07. The number of fused-ring (bicyclic) bond motifs is 1. The Hall–Kier alpha value is -2.25. The molecule has 1 amide bonds. The Balaban J connectivity index is 1.37. The summed E-state index contributed by atoms with van der Waals surface area (Å²) in [4.78, 5) is 17.6. The molecule has 2 N–H and O–H groups in total. The minimum atomic E-state index is -0.352. The van der Waals surface area contributed by atoms with Gasteiger partial charge in [0.15, 0.2) is 0 Å². The van der Waals surface area contributed by atoms with Gasteiger partial charge in [0, 0.05) is 32.2 Å². The molecular formula is C19H25N5O2. The Morgan fingerprint density at radius 2 is 1.96 bits per heavy atom. The number of hydrogen-bond acceptors (Lipinski definition) is 5. The maximum absolute atomic E-state index is 11.1. The molecule has 2 heterocycles. The average Bonchev–Trinajstić information content (AvgIpc) is 3.24. The van der Waals surface area contributed by atoms with Crippen molar-refractivity contribution in [3.05, 3.63) is 42.5 Å². The van der Waals surface area contributed by atoms with Crippen LogP contribution in [0.5, 0.6) is 0 Å². The van der Waals surface area contributed by atoms with Crippen LogP contribution in [0.3, 0.4) is 0 Å². The van der Waals surface area contributed by atoms with E-state index in [1.807, 2.05) is 16.8 Å². The van der Waals surface area contributed by atoms with Gasteiger partial charge in [-0.2, -0.15) is 5.10 Å². The predicted octanol–water partition coefficient (Wildman–Crippen LogP) is 1.68. The zero-order chi connectivity index (χ0) is 18.1. The molecule has 2 aliphatic rings. The second kappa shape index (κ2) is 7.17. The zero-order valence-electron chi connectivity index (χ0n) is 15.0. The first-order valence-corrected chi connectivity index (χ1v) is 9.19. The number of likely N-dealkylation sites (tertiary alicyclic amines) is 1. The number of aliphatic hydroxyl groups excluding tert-OH is 1. The highest BCUT2D eigenvalue weighted by atomic mass is 16.3. The SMILES string of the molecule is CC(=O)Nc1ccc(CN2C[C@H]3C[C@@H](n4cncn4)[C@H](O)C[C@H]3C2)cc1. The van der Waals surface area contributed by atoms with Crippen LogP contribution in [0.15, 0.2) is 36.9 Å². The Bertz CT molecular complexity index is 746. The van der Waals surface area contributed by atoms with Gasteiger partial charge in [-0.25, -0.2) is 9.67 Å². The molecule has 0 radical (unpaired) electrons. The van der Waals surface area contributed by atoms with Crippen LogP contribution in [0.4, 0.5) is 5.69 Å². The molecule has 4 atom stereocenters. The maximum atomic E-state index is 11.1. The quantitative estimate of drug-likeness (QED) is 0.872. The van der Waals surface area contributed by atoms with E-state index in [-0.39, 0.29) is 18.1 Å². The van der Waals surface area contributed by atoms with Crippen molar-refractivity contribution in [2.24, 2.45) is 11.8 Å². The van der Waals surface area contributed by atoms with Gasteiger partial charge < -0.3 is 10.4 Å². The summed E-state index contributed by atoms with van der Waals surface area (Å²) < 4.78 is 1.81. The fraction of sp³-hybridized carbons (Fsp3) is 0.526. The lowest BCUT2D eigenvalue weighted by atomic mass is 9.77. The van der Waals surface area contributed by atoms with E-state index in [1.54, 1.807) is 6.33 Å². The van der Waals surface area contributed by atoms with Crippen molar-refractivity contribution >= 4 is 11.6 Å². The van der Waals surface area contributed by atoms with E-state index in [0.717, 1.165) is 38.2 Å². The van der Waals surface area contributed by atoms with Crippen LogP contribution >= 0.6 is 0 Å². The highest BCUT2D eigenvalue weighted by Crippen LogP contribution is 2.41.